The molecule has 2 heterocycles. The molecule has 1 aliphatic rings. The second kappa shape index (κ2) is 7.17. The third-order valence-electron chi connectivity index (χ3n) is 5.70. The van der Waals surface area contributed by atoms with Gasteiger partial charge in [-0.3, -0.25) is 4.79 Å². The largest absolute Gasteiger partial charge is 0.496 e. The topological polar surface area (TPSA) is 40.5 Å². The summed E-state index contributed by atoms with van der Waals surface area (Å²) in [6, 6.07) is 9.90. The van der Waals surface area contributed by atoms with Gasteiger partial charge in [0.15, 0.2) is 0 Å². The maximum atomic E-state index is 13.0. The molecule has 1 aromatic carbocycles. The van der Waals surface area contributed by atoms with E-state index in [1.807, 2.05) is 64.2 Å². The fraction of sp³-hybridized carbons (Fsp3) is 0.476. The molecule has 1 aliphatic heterocycles. The van der Waals surface area contributed by atoms with Gasteiger partial charge in [-0.05, 0) is 43.9 Å². The first-order valence-corrected chi connectivity index (χ1v) is 13.5. The highest BCUT2D eigenvalue weighted by molar-refractivity contribution is 6.93. The number of halogens is 1. The van der Waals surface area contributed by atoms with Crippen molar-refractivity contribution in [2.45, 2.75) is 65.1 Å². The molecule has 0 N–H and O–H groups in total. The lowest BCUT2D eigenvalue weighted by Gasteiger charge is -2.32. The number of hydrogen-bond donors (Lipinski definition) is 0. The molecule has 0 aliphatic carbocycles. The van der Waals surface area contributed by atoms with Crippen molar-refractivity contribution >= 4 is 37.4 Å². The van der Waals surface area contributed by atoms with Crippen molar-refractivity contribution in [3.63, 3.8) is 0 Å². The fourth-order valence-corrected chi connectivity index (χ4v) is 6.34. The minimum absolute atomic E-state index is 0.164. The third kappa shape index (κ3) is 3.88. The van der Waals surface area contributed by atoms with Crippen LogP contribution in [0.5, 0.6) is 0 Å². The minimum atomic E-state index is -1.93. The van der Waals surface area contributed by atoms with E-state index in [1.165, 1.54) is 0 Å². The van der Waals surface area contributed by atoms with Gasteiger partial charge >= 0.3 is 7.12 Å². The Labute approximate surface area is 174 Å². The van der Waals surface area contributed by atoms with Crippen LogP contribution in [0, 0.1) is 0 Å². The van der Waals surface area contributed by atoms with Crippen molar-refractivity contribution in [3.05, 3.63) is 57.5 Å². The Morgan fingerprint density at radius 1 is 1.04 bits per heavy atom. The lowest BCUT2D eigenvalue weighted by molar-refractivity contribution is 0.00578. The molecule has 0 spiro atoms. The molecule has 3 rings (SSSR count). The zero-order chi connectivity index (χ0) is 20.9. The summed E-state index contributed by atoms with van der Waals surface area (Å²) >= 11 is 6.67. The Bertz CT molecular complexity index is 919. The molecule has 0 bridgehead atoms. The van der Waals surface area contributed by atoms with Crippen LogP contribution in [0.4, 0.5) is 0 Å². The second-order valence-corrected chi connectivity index (χ2v) is 14.9. The molecule has 0 atom stereocenters. The number of aromatic nitrogens is 1. The van der Waals surface area contributed by atoms with Gasteiger partial charge in [0.05, 0.1) is 25.8 Å². The normalized spacial score (nSPS) is 18.5. The predicted octanol–water partition coefficient (Wildman–Crippen LogP) is 3.39. The standard InChI is InChI=1S/C21H29BClNO3Si/c1-20(2)21(3,4)27-22(26-20)16-14-24(13-15-11-9-8-10-12-15)19(25)17(23)18(16)28(5,6)7/h8-12,14H,13H2,1-7H3. The van der Waals surface area contributed by atoms with Gasteiger partial charge in [0.25, 0.3) is 5.56 Å². The molecule has 28 heavy (non-hydrogen) atoms. The summed E-state index contributed by atoms with van der Waals surface area (Å²) in [6.45, 7) is 15.1. The van der Waals surface area contributed by atoms with Crippen LogP contribution in [0.2, 0.25) is 24.7 Å². The first-order valence-electron chi connectivity index (χ1n) is 9.66. The highest BCUT2D eigenvalue weighted by atomic mass is 35.5. The van der Waals surface area contributed by atoms with Crippen molar-refractivity contribution in [3.8, 4) is 0 Å². The molecule has 4 nitrogen and oxygen atoms in total. The summed E-state index contributed by atoms with van der Waals surface area (Å²) in [4.78, 5) is 13.0. The predicted molar refractivity (Wildman–Crippen MR) is 120 cm³/mol. The first kappa shape index (κ1) is 21.4. The van der Waals surface area contributed by atoms with Gasteiger partial charge in [-0.1, -0.05) is 61.6 Å². The molecular formula is C21H29BClNO3Si. The van der Waals surface area contributed by atoms with E-state index in [0.717, 1.165) is 16.2 Å². The second-order valence-electron chi connectivity index (χ2n) is 9.53. The minimum Gasteiger partial charge on any atom is -0.399 e. The number of hydrogen-bond acceptors (Lipinski definition) is 3. The SMILES string of the molecule is CC1(C)OB(c2cn(Cc3ccccc3)c(=O)c(Cl)c2[Si](C)(C)C)OC1(C)C. The summed E-state index contributed by atoms with van der Waals surface area (Å²) in [5.41, 5.74) is 0.838. The fourth-order valence-electron chi connectivity index (χ4n) is 3.46. The van der Waals surface area contributed by atoms with Crippen molar-refractivity contribution < 1.29 is 9.31 Å². The Hall–Kier alpha value is -1.34. The van der Waals surface area contributed by atoms with E-state index in [4.69, 9.17) is 20.9 Å². The van der Waals surface area contributed by atoms with Crippen LogP contribution >= 0.6 is 11.6 Å². The van der Waals surface area contributed by atoms with Crippen molar-refractivity contribution in [2.75, 3.05) is 0 Å². The van der Waals surface area contributed by atoms with Gasteiger partial charge in [0.1, 0.15) is 5.02 Å². The van der Waals surface area contributed by atoms with Crippen LogP contribution in [0.3, 0.4) is 0 Å². The molecule has 150 valence electrons. The summed E-state index contributed by atoms with van der Waals surface area (Å²) < 4.78 is 14.3. The van der Waals surface area contributed by atoms with Gasteiger partial charge in [0, 0.05) is 6.20 Å². The van der Waals surface area contributed by atoms with Crippen molar-refractivity contribution in [2.24, 2.45) is 0 Å². The van der Waals surface area contributed by atoms with E-state index in [2.05, 4.69) is 19.6 Å². The lowest BCUT2D eigenvalue weighted by atomic mass is 9.80. The summed E-state index contributed by atoms with van der Waals surface area (Å²) in [6.07, 6.45) is 1.89. The zero-order valence-corrected chi connectivity index (χ0v) is 19.6. The van der Waals surface area contributed by atoms with Crippen LogP contribution in [-0.2, 0) is 15.9 Å². The quantitative estimate of drug-likeness (QED) is 0.716. The van der Waals surface area contributed by atoms with Gasteiger partial charge in [-0.2, -0.15) is 0 Å². The molecule has 1 aromatic heterocycles. The Morgan fingerprint density at radius 2 is 1.57 bits per heavy atom. The van der Waals surface area contributed by atoms with Gasteiger partial charge < -0.3 is 13.9 Å². The highest BCUT2D eigenvalue weighted by Crippen LogP contribution is 2.36. The Balaban J connectivity index is 2.16. The van der Waals surface area contributed by atoms with E-state index in [9.17, 15) is 4.79 Å². The van der Waals surface area contributed by atoms with Crippen LogP contribution in [0.25, 0.3) is 0 Å². The summed E-state index contributed by atoms with van der Waals surface area (Å²) in [5.74, 6) is 0. The van der Waals surface area contributed by atoms with Gasteiger partial charge in [-0.15, -0.1) is 0 Å². The monoisotopic (exact) mass is 417 g/mol. The van der Waals surface area contributed by atoms with E-state index < -0.39 is 26.4 Å². The number of pyridine rings is 1. The molecule has 0 radical (unpaired) electrons. The van der Waals surface area contributed by atoms with Crippen LogP contribution in [-0.4, -0.2) is 31.0 Å². The molecule has 0 saturated carbocycles. The zero-order valence-electron chi connectivity index (χ0n) is 17.8. The lowest BCUT2D eigenvalue weighted by Crippen LogP contribution is -2.57. The van der Waals surface area contributed by atoms with E-state index in [1.54, 1.807) is 4.57 Å². The number of nitrogens with zero attached hydrogens (tertiary/aromatic N) is 1. The van der Waals surface area contributed by atoms with E-state index in [0.29, 0.717) is 11.6 Å². The Kier molecular flexibility index (Phi) is 5.47. The van der Waals surface area contributed by atoms with Crippen molar-refractivity contribution in [1.29, 1.82) is 0 Å². The van der Waals surface area contributed by atoms with Gasteiger partial charge in [-0.25, -0.2) is 0 Å². The molecule has 1 fully saturated rings. The molecule has 2 aromatic rings. The maximum absolute atomic E-state index is 13.0. The number of benzene rings is 1. The first-order chi connectivity index (χ1) is 12.8. The Morgan fingerprint density at radius 3 is 2.07 bits per heavy atom. The average Bonchev–Trinajstić information content (AvgIpc) is 2.79. The summed E-state index contributed by atoms with van der Waals surface area (Å²) in [7, 11) is -2.48. The molecule has 7 heteroatoms. The third-order valence-corrected chi connectivity index (χ3v) is 8.25. The smallest absolute Gasteiger partial charge is 0.399 e. The van der Waals surface area contributed by atoms with Crippen LogP contribution in [0.15, 0.2) is 41.3 Å². The van der Waals surface area contributed by atoms with Crippen molar-refractivity contribution in [1.82, 2.24) is 4.57 Å². The molecule has 0 unspecified atom stereocenters. The molecular weight excluding hydrogens is 389 g/mol. The molecule has 1 saturated heterocycles. The highest BCUT2D eigenvalue weighted by Gasteiger charge is 2.53. The maximum Gasteiger partial charge on any atom is 0.496 e. The van der Waals surface area contributed by atoms with E-state index >= 15 is 0 Å². The average molecular weight is 418 g/mol. The van der Waals surface area contributed by atoms with Gasteiger partial charge in [0.2, 0.25) is 0 Å². The van der Waals surface area contributed by atoms with Crippen LogP contribution in [0.1, 0.15) is 33.3 Å². The summed E-state index contributed by atoms with van der Waals surface area (Å²) in [5, 5.41) is 1.21. The van der Waals surface area contributed by atoms with E-state index in [-0.39, 0.29) is 5.56 Å². The van der Waals surface area contributed by atoms with Crippen LogP contribution < -0.4 is 16.2 Å². The molecule has 0 amide bonds. The number of rotatable bonds is 4.